The van der Waals surface area contributed by atoms with Gasteiger partial charge in [0.25, 0.3) is 0 Å². The van der Waals surface area contributed by atoms with Crippen LogP contribution in [0.25, 0.3) is 10.9 Å². The number of halogens is 1. The van der Waals surface area contributed by atoms with Crippen molar-refractivity contribution in [3.8, 4) is 5.75 Å². The van der Waals surface area contributed by atoms with Gasteiger partial charge < -0.3 is 9.47 Å². The standard InChI is InChI=1S/C15H18FNO3/c1-9-6-10-7-11(20-15(2,3)4)8-12(16)13(10)17(9)14(18)19-5/h6-8H,1-5H3. The van der Waals surface area contributed by atoms with Crippen LogP contribution in [0, 0.1) is 12.7 Å². The first-order valence-corrected chi connectivity index (χ1v) is 6.32. The molecular formula is C15H18FNO3. The summed E-state index contributed by atoms with van der Waals surface area (Å²) in [6.07, 6.45) is -0.610. The van der Waals surface area contributed by atoms with E-state index in [0.29, 0.717) is 16.8 Å². The van der Waals surface area contributed by atoms with Crippen molar-refractivity contribution in [2.75, 3.05) is 7.11 Å². The van der Waals surface area contributed by atoms with Crippen LogP contribution in [0.5, 0.6) is 5.75 Å². The number of ether oxygens (including phenoxy) is 2. The first-order chi connectivity index (χ1) is 9.23. The Hall–Kier alpha value is -2.04. The average molecular weight is 279 g/mol. The van der Waals surface area contributed by atoms with E-state index in [1.807, 2.05) is 20.8 Å². The molecule has 0 spiro atoms. The van der Waals surface area contributed by atoms with E-state index in [2.05, 4.69) is 4.74 Å². The number of nitrogens with zero attached hydrogens (tertiary/aromatic N) is 1. The third-order valence-corrected chi connectivity index (χ3v) is 2.79. The maximum absolute atomic E-state index is 14.3. The lowest BCUT2D eigenvalue weighted by Crippen LogP contribution is -2.23. The maximum atomic E-state index is 14.3. The highest BCUT2D eigenvalue weighted by Crippen LogP contribution is 2.29. The van der Waals surface area contributed by atoms with E-state index in [4.69, 9.17) is 4.74 Å². The highest BCUT2D eigenvalue weighted by Gasteiger charge is 2.19. The number of rotatable bonds is 1. The van der Waals surface area contributed by atoms with Gasteiger partial charge in [-0.05, 0) is 39.8 Å². The van der Waals surface area contributed by atoms with E-state index >= 15 is 0 Å². The number of carbonyl (C=O) groups is 1. The van der Waals surface area contributed by atoms with Gasteiger partial charge in [-0.1, -0.05) is 0 Å². The molecule has 0 aliphatic carbocycles. The molecule has 0 bridgehead atoms. The van der Waals surface area contributed by atoms with Gasteiger partial charge in [0.05, 0.1) is 12.6 Å². The first kappa shape index (κ1) is 14.4. The van der Waals surface area contributed by atoms with E-state index in [0.717, 1.165) is 0 Å². The molecule has 1 aromatic heterocycles. The Morgan fingerprint density at radius 3 is 2.45 bits per heavy atom. The lowest BCUT2D eigenvalue weighted by atomic mass is 10.2. The van der Waals surface area contributed by atoms with Gasteiger partial charge in [0.2, 0.25) is 0 Å². The monoisotopic (exact) mass is 279 g/mol. The summed E-state index contributed by atoms with van der Waals surface area (Å²) in [6, 6.07) is 4.73. The Bertz CT molecular complexity index is 668. The molecular weight excluding hydrogens is 261 g/mol. The fourth-order valence-corrected chi connectivity index (χ4v) is 2.15. The molecule has 5 heteroatoms. The number of aryl methyl sites for hydroxylation is 1. The number of hydrogen-bond donors (Lipinski definition) is 0. The van der Waals surface area contributed by atoms with Gasteiger partial charge in [0, 0.05) is 17.1 Å². The van der Waals surface area contributed by atoms with Crippen LogP contribution >= 0.6 is 0 Å². The van der Waals surface area contributed by atoms with Crippen molar-refractivity contribution in [1.82, 2.24) is 4.57 Å². The Balaban J connectivity index is 2.61. The molecule has 0 unspecified atom stereocenters. The molecule has 20 heavy (non-hydrogen) atoms. The maximum Gasteiger partial charge on any atom is 0.418 e. The number of benzene rings is 1. The fourth-order valence-electron chi connectivity index (χ4n) is 2.15. The number of fused-ring (bicyclic) bond motifs is 1. The Kier molecular flexibility index (Phi) is 3.46. The van der Waals surface area contributed by atoms with Crippen molar-refractivity contribution in [2.24, 2.45) is 0 Å². The third kappa shape index (κ3) is 2.61. The van der Waals surface area contributed by atoms with E-state index in [1.54, 1.807) is 19.1 Å². The second kappa shape index (κ2) is 4.81. The predicted octanol–water partition coefficient (Wildman–Crippen LogP) is 3.88. The van der Waals surface area contributed by atoms with Crippen molar-refractivity contribution in [2.45, 2.75) is 33.3 Å². The zero-order chi connectivity index (χ0) is 15.1. The van der Waals surface area contributed by atoms with E-state index in [1.165, 1.54) is 17.7 Å². The summed E-state index contributed by atoms with van der Waals surface area (Å²) in [4.78, 5) is 11.7. The molecule has 2 aromatic rings. The second-order valence-electron chi connectivity index (χ2n) is 5.65. The zero-order valence-corrected chi connectivity index (χ0v) is 12.3. The topological polar surface area (TPSA) is 40.5 Å². The van der Waals surface area contributed by atoms with Gasteiger partial charge in [-0.15, -0.1) is 0 Å². The molecule has 0 saturated carbocycles. The van der Waals surface area contributed by atoms with Gasteiger partial charge in [-0.25, -0.2) is 13.8 Å². The quantitative estimate of drug-likeness (QED) is 0.795. The lowest BCUT2D eigenvalue weighted by Gasteiger charge is -2.21. The largest absolute Gasteiger partial charge is 0.488 e. The smallest absolute Gasteiger partial charge is 0.418 e. The van der Waals surface area contributed by atoms with Crippen molar-refractivity contribution in [1.29, 1.82) is 0 Å². The Labute approximate surface area is 117 Å². The summed E-state index contributed by atoms with van der Waals surface area (Å²) >= 11 is 0. The third-order valence-electron chi connectivity index (χ3n) is 2.79. The first-order valence-electron chi connectivity index (χ1n) is 6.32. The molecule has 108 valence electrons. The number of carbonyl (C=O) groups excluding carboxylic acids is 1. The summed E-state index contributed by atoms with van der Waals surface area (Å²) < 4.78 is 25.8. The van der Waals surface area contributed by atoms with Gasteiger partial charge >= 0.3 is 6.09 Å². The molecule has 1 aromatic carbocycles. The summed E-state index contributed by atoms with van der Waals surface area (Å²) in [7, 11) is 1.27. The highest BCUT2D eigenvalue weighted by molar-refractivity contribution is 5.92. The number of aromatic nitrogens is 1. The summed E-state index contributed by atoms with van der Waals surface area (Å²) in [6.45, 7) is 7.39. The SMILES string of the molecule is COC(=O)n1c(C)cc2cc(OC(C)(C)C)cc(F)c21. The molecule has 1 heterocycles. The Morgan fingerprint density at radius 1 is 1.25 bits per heavy atom. The molecule has 0 amide bonds. The van der Waals surface area contributed by atoms with Crippen LogP contribution in [-0.2, 0) is 4.74 Å². The molecule has 0 radical (unpaired) electrons. The normalized spacial score (nSPS) is 11.7. The minimum absolute atomic E-state index is 0.204. The van der Waals surface area contributed by atoms with Crippen LogP contribution in [0.3, 0.4) is 0 Å². The fraction of sp³-hybridized carbons (Fsp3) is 0.400. The molecule has 0 saturated heterocycles. The van der Waals surface area contributed by atoms with Crippen LogP contribution in [0.15, 0.2) is 18.2 Å². The van der Waals surface area contributed by atoms with Crippen LogP contribution in [0.1, 0.15) is 26.5 Å². The molecule has 0 aliphatic rings. The minimum Gasteiger partial charge on any atom is -0.488 e. The molecule has 2 rings (SSSR count). The van der Waals surface area contributed by atoms with E-state index in [-0.39, 0.29) is 5.52 Å². The van der Waals surface area contributed by atoms with Crippen LogP contribution in [-0.4, -0.2) is 23.4 Å². The molecule has 0 aliphatic heterocycles. The van der Waals surface area contributed by atoms with Gasteiger partial charge in [-0.2, -0.15) is 0 Å². The number of hydrogen-bond acceptors (Lipinski definition) is 3. The van der Waals surface area contributed by atoms with Gasteiger partial charge in [0.15, 0.2) is 5.82 Å². The summed E-state index contributed by atoms with van der Waals surface area (Å²) in [5, 5.41) is 0.604. The predicted molar refractivity (Wildman–Crippen MR) is 74.8 cm³/mol. The molecule has 0 N–H and O–H groups in total. The lowest BCUT2D eigenvalue weighted by molar-refractivity contribution is 0.130. The van der Waals surface area contributed by atoms with Crippen molar-refractivity contribution in [3.63, 3.8) is 0 Å². The second-order valence-corrected chi connectivity index (χ2v) is 5.65. The molecule has 4 nitrogen and oxygen atoms in total. The molecule has 0 atom stereocenters. The van der Waals surface area contributed by atoms with Crippen molar-refractivity contribution < 1.29 is 18.7 Å². The van der Waals surface area contributed by atoms with Crippen LogP contribution in [0.4, 0.5) is 9.18 Å². The summed E-state index contributed by atoms with van der Waals surface area (Å²) in [5.41, 5.74) is 0.398. The average Bonchev–Trinajstić information content (AvgIpc) is 2.62. The van der Waals surface area contributed by atoms with Gasteiger partial charge in [0.1, 0.15) is 11.4 Å². The van der Waals surface area contributed by atoms with E-state index in [9.17, 15) is 9.18 Å². The van der Waals surface area contributed by atoms with Gasteiger partial charge in [-0.3, -0.25) is 0 Å². The zero-order valence-electron chi connectivity index (χ0n) is 12.3. The highest BCUT2D eigenvalue weighted by atomic mass is 19.1. The van der Waals surface area contributed by atoms with E-state index < -0.39 is 17.5 Å². The minimum atomic E-state index is -0.610. The molecule has 0 fully saturated rings. The summed E-state index contributed by atoms with van der Waals surface area (Å²) in [5.74, 6) is -0.0789. The Morgan fingerprint density at radius 2 is 1.90 bits per heavy atom. The van der Waals surface area contributed by atoms with Crippen molar-refractivity contribution >= 4 is 17.0 Å². The number of methoxy groups -OCH3 is 1. The van der Waals surface area contributed by atoms with Crippen LogP contribution < -0.4 is 4.74 Å². The van der Waals surface area contributed by atoms with Crippen molar-refractivity contribution in [3.05, 3.63) is 29.7 Å². The van der Waals surface area contributed by atoms with Crippen LogP contribution in [0.2, 0.25) is 0 Å².